The predicted molar refractivity (Wildman–Crippen MR) is 47.0 cm³/mol. The van der Waals surface area contributed by atoms with Crippen LogP contribution in [-0.2, 0) is 19.5 Å². The molecule has 0 atom stereocenters. The molecule has 1 rings (SSSR count). The summed E-state index contributed by atoms with van der Waals surface area (Å²) in [5.41, 5.74) is 0. The largest absolute Gasteiger partial charge is 0.213 e. The molecule has 0 radical (unpaired) electrons. The van der Waals surface area contributed by atoms with Gasteiger partial charge >= 0.3 is 0 Å². The summed E-state index contributed by atoms with van der Waals surface area (Å²) in [6.45, 7) is 2.25. The third-order valence-electron chi connectivity index (χ3n) is 1.44. The Bertz CT molecular complexity index is 117. The molecule has 0 N–H and O–H groups in total. The molecule has 0 fully saturated rings. The van der Waals surface area contributed by atoms with E-state index in [1.54, 1.807) is 0 Å². The number of thiol groups is 1. The summed E-state index contributed by atoms with van der Waals surface area (Å²) in [4.78, 5) is 0. The van der Waals surface area contributed by atoms with Crippen LogP contribution in [0.25, 0.3) is 0 Å². The van der Waals surface area contributed by atoms with E-state index in [0.717, 1.165) is 0 Å². The van der Waals surface area contributed by atoms with E-state index in [2.05, 4.69) is 29.9 Å². The topological polar surface area (TPSA) is 0 Å². The minimum absolute atomic E-state index is 0. The number of unbranched alkanes of at least 4 members (excludes halogenated alkanes) is 1. The van der Waals surface area contributed by atoms with Crippen molar-refractivity contribution in [1.29, 1.82) is 0 Å². The van der Waals surface area contributed by atoms with Gasteiger partial charge in [0.05, 0.1) is 0 Å². The van der Waals surface area contributed by atoms with E-state index in [1.165, 1.54) is 18.6 Å². The van der Waals surface area contributed by atoms with Crippen molar-refractivity contribution >= 4 is 10.9 Å². The molecule has 0 saturated carbocycles. The van der Waals surface area contributed by atoms with Crippen LogP contribution in [0.3, 0.4) is 0 Å². The van der Waals surface area contributed by atoms with Gasteiger partial charge in [-0.05, 0) is 23.0 Å². The van der Waals surface area contributed by atoms with Crippen molar-refractivity contribution in [2.45, 2.75) is 19.8 Å². The molecule has 0 nitrogen and oxygen atoms in total. The molecule has 1 aliphatic heterocycles. The summed E-state index contributed by atoms with van der Waals surface area (Å²) in [7, 11) is 0.188. The average molecular weight is 208 g/mol. The van der Waals surface area contributed by atoms with E-state index in [4.69, 9.17) is 0 Å². The van der Waals surface area contributed by atoms with Gasteiger partial charge in [0.25, 0.3) is 0 Å². The van der Waals surface area contributed by atoms with Gasteiger partial charge in [-0.1, -0.05) is 25.5 Å². The third kappa shape index (κ3) is 3.58. The van der Waals surface area contributed by atoms with Gasteiger partial charge in [0.1, 0.15) is 0 Å². The van der Waals surface area contributed by atoms with Crippen molar-refractivity contribution in [2.75, 3.05) is 5.75 Å². The molecular formula is C8H14SZn. The Morgan fingerprint density at radius 3 is 2.30 bits per heavy atom. The van der Waals surface area contributed by atoms with Crippen LogP contribution in [0, 0.1) is 0 Å². The predicted octanol–water partition coefficient (Wildman–Crippen LogP) is 2.83. The second-order valence-corrected chi connectivity index (χ2v) is 4.35. The molecule has 0 aromatic carbocycles. The third-order valence-corrected chi connectivity index (χ3v) is 3.38. The SMILES string of the molecule is CCCC[SH]1C=CC=C1.[Zn]. The van der Waals surface area contributed by atoms with Gasteiger partial charge in [0.15, 0.2) is 0 Å². The van der Waals surface area contributed by atoms with E-state index in [0.29, 0.717) is 0 Å². The molecule has 0 aliphatic carbocycles. The zero-order chi connectivity index (χ0) is 6.53. The van der Waals surface area contributed by atoms with Crippen molar-refractivity contribution < 1.29 is 19.5 Å². The Hall–Kier alpha value is 0.453. The van der Waals surface area contributed by atoms with Gasteiger partial charge in [-0.15, -0.1) is 0 Å². The van der Waals surface area contributed by atoms with Crippen molar-refractivity contribution in [3.05, 3.63) is 23.0 Å². The van der Waals surface area contributed by atoms with Gasteiger partial charge in [-0.2, -0.15) is 0 Å². The summed E-state index contributed by atoms with van der Waals surface area (Å²) < 4.78 is 0. The first-order chi connectivity index (χ1) is 4.43. The molecule has 2 heteroatoms. The fourth-order valence-corrected chi connectivity index (χ4v) is 2.58. The summed E-state index contributed by atoms with van der Waals surface area (Å²) in [6, 6.07) is 0. The Morgan fingerprint density at radius 1 is 1.20 bits per heavy atom. The van der Waals surface area contributed by atoms with E-state index in [1.807, 2.05) is 0 Å². The standard InChI is InChI=1S/C8H14S.Zn/c1-2-3-6-9-7-4-5-8-9;/h4-5,7-9H,2-3,6H2,1H3;. The molecule has 0 aromatic heterocycles. The normalized spacial score (nSPS) is 17.5. The summed E-state index contributed by atoms with van der Waals surface area (Å²) >= 11 is 0. The summed E-state index contributed by atoms with van der Waals surface area (Å²) in [6.07, 6.45) is 7.06. The van der Waals surface area contributed by atoms with Crippen LogP contribution in [0.2, 0.25) is 0 Å². The van der Waals surface area contributed by atoms with Crippen molar-refractivity contribution in [3.63, 3.8) is 0 Å². The van der Waals surface area contributed by atoms with Crippen LogP contribution in [0.1, 0.15) is 19.8 Å². The van der Waals surface area contributed by atoms with Gasteiger partial charge in [-0.25, -0.2) is 10.9 Å². The number of rotatable bonds is 3. The van der Waals surface area contributed by atoms with Crippen molar-refractivity contribution in [2.24, 2.45) is 0 Å². The quantitative estimate of drug-likeness (QED) is 0.534. The molecule has 0 aromatic rings. The molecule has 0 amide bonds. The Labute approximate surface area is 78.9 Å². The van der Waals surface area contributed by atoms with Crippen molar-refractivity contribution in [3.8, 4) is 0 Å². The summed E-state index contributed by atoms with van der Waals surface area (Å²) in [5.74, 6) is 1.40. The zero-order valence-corrected chi connectivity index (χ0v) is 10.4. The molecule has 54 valence electrons. The molecule has 1 heterocycles. The first-order valence-corrected chi connectivity index (χ1v) is 5.20. The second kappa shape index (κ2) is 6.18. The molecule has 1 aliphatic rings. The molecule has 0 unspecified atom stereocenters. The Morgan fingerprint density at radius 2 is 1.80 bits per heavy atom. The molecule has 0 saturated heterocycles. The first kappa shape index (κ1) is 10.5. The molecule has 0 spiro atoms. The van der Waals surface area contributed by atoms with E-state index >= 15 is 0 Å². The molecule has 0 bridgehead atoms. The van der Waals surface area contributed by atoms with E-state index in [-0.39, 0.29) is 30.4 Å². The van der Waals surface area contributed by atoms with Crippen LogP contribution in [0.5, 0.6) is 0 Å². The molecule has 10 heavy (non-hydrogen) atoms. The monoisotopic (exact) mass is 206 g/mol. The van der Waals surface area contributed by atoms with E-state index < -0.39 is 0 Å². The maximum atomic E-state index is 2.34. The van der Waals surface area contributed by atoms with Crippen LogP contribution in [-0.4, -0.2) is 5.75 Å². The second-order valence-electron chi connectivity index (χ2n) is 2.27. The average Bonchev–Trinajstić information content (AvgIpc) is 2.34. The number of hydrogen-bond donors (Lipinski definition) is 1. The van der Waals surface area contributed by atoms with Crippen LogP contribution >= 0.6 is 10.9 Å². The van der Waals surface area contributed by atoms with Crippen LogP contribution in [0.15, 0.2) is 23.0 Å². The van der Waals surface area contributed by atoms with Gasteiger partial charge in [0.2, 0.25) is 0 Å². The van der Waals surface area contributed by atoms with Gasteiger partial charge in [-0.3, -0.25) is 0 Å². The van der Waals surface area contributed by atoms with Crippen LogP contribution < -0.4 is 0 Å². The maximum absolute atomic E-state index is 2.34. The fraction of sp³-hybridized carbons (Fsp3) is 0.500. The van der Waals surface area contributed by atoms with Crippen molar-refractivity contribution in [1.82, 2.24) is 0 Å². The van der Waals surface area contributed by atoms with Gasteiger partial charge < -0.3 is 0 Å². The number of allylic oxidation sites excluding steroid dienone is 2. The smallest absolute Gasteiger partial charge is 0 e. The minimum Gasteiger partial charge on any atom is -0.213 e. The maximum Gasteiger partial charge on any atom is 0 e. The summed E-state index contributed by atoms with van der Waals surface area (Å²) in [5, 5.41) is 4.68. The fourth-order valence-electron chi connectivity index (χ4n) is 0.860. The zero-order valence-electron chi connectivity index (χ0n) is 6.59. The molecular weight excluding hydrogens is 194 g/mol. The minimum atomic E-state index is 0. The van der Waals surface area contributed by atoms with Gasteiger partial charge in [0, 0.05) is 19.5 Å². The Balaban J connectivity index is 0.000000810. The number of hydrogen-bond acceptors (Lipinski definition) is 0. The van der Waals surface area contributed by atoms with E-state index in [9.17, 15) is 0 Å². The Kier molecular flexibility index (Phi) is 6.46. The van der Waals surface area contributed by atoms with Crippen LogP contribution in [0.4, 0.5) is 0 Å². The first-order valence-electron chi connectivity index (χ1n) is 3.54.